The number of carbonyl (C=O) groups excluding carboxylic acids is 1. The van der Waals surface area contributed by atoms with Crippen molar-refractivity contribution < 1.29 is 22.7 Å². The predicted octanol–water partition coefficient (Wildman–Crippen LogP) is 3.56. The van der Waals surface area contributed by atoms with Gasteiger partial charge in [0, 0.05) is 6.26 Å². The maximum atomic E-state index is 12.7. The van der Waals surface area contributed by atoms with Gasteiger partial charge in [-0.1, -0.05) is 11.6 Å². The van der Waals surface area contributed by atoms with E-state index in [9.17, 15) is 13.2 Å². The number of hydrogen-bond acceptors (Lipinski definition) is 5. The van der Waals surface area contributed by atoms with E-state index in [2.05, 4.69) is 5.32 Å². The van der Waals surface area contributed by atoms with Crippen LogP contribution in [0.2, 0.25) is 5.02 Å². The molecule has 0 aliphatic rings. The predicted molar refractivity (Wildman–Crippen MR) is 105 cm³/mol. The number of aryl methyl sites for hydroxylation is 1. The maximum Gasteiger partial charge on any atom is 0.253 e. The van der Waals surface area contributed by atoms with Gasteiger partial charge in [-0.3, -0.25) is 4.79 Å². The number of ether oxygens (including phenoxy) is 2. The van der Waals surface area contributed by atoms with E-state index >= 15 is 0 Å². The minimum absolute atomic E-state index is 0.0343. The Bertz CT molecular complexity index is 972. The van der Waals surface area contributed by atoms with Gasteiger partial charge in [0.1, 0.15) is 0 Å². The van der Waals surface area contributed by atoms with E-state index in [0.717, 1.165) is 17.4 Å². The van der Waals surface area contributed by atoms with Crippen LogP contribution in [0, 0.1) is 6.92 Å². The third-order valence-corrected chi connectivity index (χ3v) is 5.64. The molecule has 0 aliphatic carbocycles. The highest BCUT2D eigenvalue weighted by molar-refractivity contribution is 7.90. The molecule has 0 radical (unpaired) electrons. The zero-order valence-corrected chi connectivity index (χ0v) is 17.4. The Morgan fingerprint density at radius 3 is 2.26 bits per heavy atom. The van der Waals surface area contributed by atoms with Gasteiger partial charge in [0.05, 0.1) is 35.7 Å². The summed E-state index contributed by atoms with van der Waals surface area (Å²) in [7, 11) is -0.356. The number of sulfone groups is 1. The third-order valence-electron chi connectivity index (χ3n) is 4.20. The quantitative estimate of drug-likeness (QED) is 0.785. The summed E-state index contributed by atoms with van der Waals surface area (Å²) in [6, 6.07) is 7.31. The molecular weight excluding hydrogens is 390 g/mol. The number of carbonyl (C=O) groups is 1. The van der Waals surface area contributed by atoms with Crippen molar-refractivity contribution in [3.05, 3.63) is 52.0 Å². The molecule has 0 bridgehead atoms. The molecule has 0 fully saturated rings. The Labute approximate surface area is 164 Å². The van der Waals surface area contributed by atoms with Crippen molar-refractivity contribution in [1.82, 2.24) is 5.32 Å². The summed E-state index contributed by atoms with van der Waals surface area (Å²) in [5, 5.41) is 3.02. The van der Waals surface area contributed by atoms with E-state index in [1.807, 2.05) is 19.9 Å². The van der Waals surface area contributed by atoms with Crippen LogP contribution in [0.1, 0.15) is 34.5 Å². The van der Waals surface area contributed by atoms with Crippen molar-refractivity contribution in [3.8, 4) is 11.5 Å². The van der Waals surface area contributed by atoms with Crippen LogP contribution in [0.25, 0.3) is 0 Å². The highest BCUT2D eigenvalue weighted by Crippen LogP contribution is 2.33. The number of benzene rings is 2. The summed E-state index contributed by atoms with van der Waals surface area (Å²) in [6.45, 7) is 3.72. The molecule has 0 spiro atoms. The SMILES string of the molecule is COc1cc(C)c([C@@H](C)NC(=O)c2cc(S(C)(=O)=O)ccc2Cl)cc1OC. The second kappa shape index (κ2) is 8.19. The molecule has 0 aliphatic heterocycles. The fourth-order valence-electron chi connectivity index (χ4n) is 2.72. The van der Waals surface area contributed by atoms with Crippen LogP contribution in [-0.2, 0) is 9.84 Å². The van der Waals surface area contributed by atoms with Crippen LogP contribution in [-0.4, -0.2) is 34.8 Å². The molecule has 1 atom stereocenters. The fraction of sp³-hybridized carbons (Fsp3) is 0.316. The summed E-state index contributed by atoms with van der Waals surface area (Å²) < 4.78 is 34.1. The molecule has 2 aromatic carbocycles. The number of hydrogen-bond donors (Lipinski definition) is 1. The first-order valence-corrected chi connectivity index (χ1v) is 10.4. The monoisotopic (exact) mass is 411 g/mol. The Balaban J connectivity index is 2.34. The lowest BCUT2D eigenvalue weighted by Crippen LogP contribution is -2.27. The van der Waals surface area contributed by atoms with Crippen molar-refractivity contribution in [1.29, 1.82) is 0 Å². The van der Waals surface area contributed by atoms with E-state index in [1.54, 1.807) is 13.2 Å². The number of amides is 1. The molecule has 2 aromatic rings. The molecule has 8 heteroatoms. The largest absolute Gasteiger partial charge is 0.493 e. The van der Waals surface area contributed by atoms with Gasteiger partial charge in [0.2, 0.25) is 0 Å². The topological polar surface area (TPSA) is 81.7 Å². The molecule has 6 nitrogen and oxygen atoms in total. The lowest BCUT2D eigenvalue weighted by Gasteiger charge is -2.19. The number of nitrogens with one attached hydrogen (secondary N) is 1. The van der Waals surface area contributed by atoms with E-state index in [-0.39, 0.29) is 21.5 Å². The molecule has 0 saturated heterocycles. The molecule has 146 valence electrons. The highest BCUT2D eigenvalue weighted by atomic mass is 35.5. The van der Waals surface area contributed by atoms with Crippen LogP contribution < -0.4 is 14.8 Å². The van der Waals surface area contributed by atoms with Gasteiger partial charge in [-0.05, 0) is 55.3 Å². The number of halogens is 1. The van der Waals surface area contributed by atoms with Crippen LogP contribution in [0.15, 0.2) is 35.2 Å². The Hall–Kier alpha value is -2.25. The first-order valence-electron chi connectivity index (χ1n) is 8.11. The smallest absolute Gasteiger partial charge is 0.253 e. The zero-order chi connectivity index (χ0) is 20.4. The second-order valence-corrected chi connectivity index (χ2v) is 8.60. The van der Waals surface area contributed by atoms with Gasteiger partial charge in [-0.15, -0.1) is 0 Å². The third kappa shape index (κ3) is 4.73. The lowest BCUT2D eigenvalue weighted by atomic mass is 10.0. The highest BCUT2D eigenvalue weighted by Gasteiger charge is 2.20. The normalized spacial score (nSPS) is 12.4. The molecule has 27 heavy (non-hydrogen) atoms. The fourth-order valence-corrected chi connectivity index (χ4v) is 3.57. The van der Waals surface area contributed by atoms with E-state index in [4.69, 9.17) is 21.1 Å². The van der Waals surface area contributed by atoms with Crippen LogP contribution >= 0.6 is 11.6 Å². The average Bonchev–Trinajstić information content (AvgIpc) is 2.60. The van der Waals surface area contributed by atoms with Gasteiger partial charge in [-0.25, -0.2) is 8.42 Å². The average molecular weight is 412 g/mol. The Morgan fingerprint density at radius 1 is 1.11 bits per heavy atom. The molecule has 1 amide bonds. The Kier molecular flexibility index (Phi) is 6.38. The standard InChI is InChI=1S/C19H22ClNO5S/c1-11-8-17(25-3)18(26-4)10-14(11)12(2)21-19(22)15-9-13(27(5,23)24)6-7-16(15)20/h6-10,12H,1-5H3,(H,21,22)/t12-/m1/s1. The van der Waals surface area contributed by atoms with Gasteiger partial charge in [0.15, 0.2) is 21.3 Å². The minimum atomic E-state index is -3.45. The molecule has 2 rings (SSSR count). The summed E-state index contributed by atoms with van der Waals surface area (Å²) >= 11 is 6.10. The number of rotatable bonds is 6. The van der Waals surface area contributed by atoms with Crippen molar-refractivity contribution >= 4 is 27.3 Å². The van der Waals surface area contributed by atoms with Crippen molar-refractivity contribution in [2.24, 2.45) is 0 Å². The minimum Gasteiger partial charge on any atom is -0.493 e. The first-order chi connectivity index (χ1) is 12.6. The Morgan fingerprint density at radius 2 is 1.70 bits per heavy atom. The van der Waals surface area contributed by atoms with Gasteiger partial charge >= 0.3 is 0 Å². The van der Waals surface area contributed by atoms with Crippen molar-refractivity contribution in [3.63, 3.8) is 0 Å². The summed E-state index contributed by atoms with van der Waals surface area (Å²) in [5.74, 6) is 0.685. The molecule has 1 N–H and O–H groups in total. The molecular formula is C19H22ClNO5S. The lowest BCUT2D eigenvalue weighted by molar-refractivity contribution is 0.0939. The number of methoxy groups -OCH3 is 2. The van der Waals surface area contributed by atoms with E-state index in [1.165, 1.54) is 25.3 Å². The second-order valence-electron chi connectivity index (χ2n) is 6.17. The molecule has 0 unspecified atom stereocenters. The van der Waals surface area contributed by atoms with Crippen LogP contribution in [0.5, 0.6) is 11.5 Å². The van der Waals surface area contributed by atoms with Crippen LogP contribution in [0.4, 0.5) is 0 Å². The summed E-state index contributed by atoms with van der Waals surface area (Å²) in [5.41, 5.74) is 1.86. The summed E-state index contributed by atoms with van der Waals surface area (Å²) in [6.07, 6.45) is 1.08. The van der Waals surface area contributed by atoms with Crippen LogP contribution in [0.3, 0.4) is 0 Å². The van der Waals surface area contributed by atoms with Gasteiger partial charge in [-0.2, -0.15) is 0 Å². The molecule has 0 aromatic heterocycles. The van der Waals surface area contributed by atoms with Gasteiger partial charge < -0.3 is 14.8 Å². The maximum absolute atomic E-state index is 12.7. The van der Waals surface area contributed by atoms with E-state index < -0.39 is 15.7 Å². The van der Waals surface area contributed by atoms with Crippen molar-refractivity contribution in [2.45, 2.75) is 24.8 Å². The first kappa shape index (κ1) is 21.1. The van der Waals surface area contributed by atoms with Gasteiger partial charge in [0.25, 0.3) is 5.91 Å². The van der Waals surface area contributed by atoms with E-state index in [0.29, 0.717) is 11.5 Å². The zero-order valence-electron chi connectivity index (χ0n) is 15.8. The molecule has 0 heterocycles. The molecule has 0 saturated carbocycles. The summed E-state index contributed by atoms with van der Waals surface area (Å²) in [4.78, 5) is 12.7. The van der Waals surface area contributed by atoms with Crippen molar-refractivity contribution in [2.75, 3.05) is 20.5 Å².